The van der Waals surface area contributed by atoms with Crippen molar-refractivity contribution >= 4 is 6.21 Å². The van der Waals surface area contributed by atoms with E-state index in [0.717, 1.165) is 0 Å². The normalized spacial score (nSPS) is 43.7. The van der Waals surface area contributed by atoms with Crippen molar-refractivity contribution in [2.45, 2.75) is 44.2 Å². The molecule has 0 radical (unpaired) electrons. The van der Waals surface area contributed by atoms with Gasteiger partial charge >= 0.3 is 0 Å². The lowest BCUT2D eigenvalue weighted by Gasteiger charge is -2.22. The monoisotopic (exact) mass is 217 g/mol. The predicted octanol–water partition coefficient (Wildman–Crippen LogP) is 0.338. The Kier molecular flexibility index (Phi) is 2.68. The number of ether oxygens (including phenoxy) is 4. The van der Waals surface area contributed by atoms with Crippen LogP contribution < -0.4 is 0 Å². The molecule has 0 bridgehead atoms. The minimum atomic E-state index is -0.655. The molecule has 2 aliphatic heterocycles. The van der Waals surface area contributed by atoms with Crippen molar-refractivity contribution in [3.8, 4) is 0 Å². The van der Waals surface area contributed by atoms with Gasteiger partial charge in [0.25, 0.3) is 0 Å². The van der Waals surface area contributed by atoms with Gasteiger partial charge in [0.15, 0.2) is 12.1 Å². The molecule has 6 nitrogen and oxygen atoms in total. The molecule has 0 aromatic heterocycles. The molecule has 1 N–H and O–H groups in total. The average Bonchev–Trinajstić information content (AvgIpc) is 2.61. The maximum Gasteiger partial charge on any atom is 0.187 e. The summed E-state index contributed by atoms with van der Waals surface area (Å²) in [6.07, 6.45) is -0.220. The van der Waals surface area contributed by atoms with Crippen LogP contribution in [0.15, 0.2) is 5.16 Å². The Hall–Kier alpha value is -0.690. The fraction of sp³-hybridized carbons (Fsp3) is 0.889. The molecule has 0 aliphatic carbocycles. The highest BCUT2D eigenvalue weighted by atomic mass is 16.8. The quantitative estimate of drug-likeness (QED) is 0.410. The van der Waals surface area contributed by atoms with E-state index in [1.807, 2.05) is 13.8 Å². The van der Waals surface area contributed by atoms with Gasteiger partial charge in [0.2, 0.25) is 0 Å². The second-order valence-corrected chi connectivity index (χ2v) is 4.03. The van der Waals surface area contributed by atoms with E-state index in [4.69, 9.17) is 24.2 Å². The van der Waals surface area contributed by atoms with E-state index in [9.17, 15) is 0 Å². The number of fused-ring (bicyclic) bond motifs is 1. The summed E-state index contributed by atoms with van der Waals surface area (Å²) in [6.45, 7) is 3.65. The highest BCUT2D eigenvalue weighted by molar-refractivity contribution is 5.64. The van der Waals surface area contributed by atoms with Crippen LogP contribution in [0.3, 0.4) is 0 Å². The molecule has 2 aliphatic rings. The summed E-state index contributed by atoms with van der Waals surface area (Å²) in [4.78, 5) is 0. The summed E-state index contributed by atoms with van der Waals surface area (Å²) >= 11 is 0. The Bertz CT molecular complexity index is 267. The third kappa shape index (κ3) is 1.85. The Morgan fingerprint density at radius 1 is 1.33 bits per heavy atom. The van der Waals surface area contributed by atoms with Crippen molar-refractivity contribution in [2.75, 3.05) is 7.11 Å². The van der Waals surface area contributed by atoms with Crippen molar-refractivity contribution in [2.24, 2.45) is 5.16 Å². The number of rotatable bonds is 2. The van der Waals surface area contributed by atoms with Crippen molar-refractivity contribution < 1.29 is 24.2 Å². The van der Waals surface area contributed by atoms with E-state index in [-0.39, 0.29) is 12.2 Å². The maximum atomic E-state index is 8.49. The van der Waals surface area contributed by atoms with Crippen LogP contribution in [0, 0.1) is 0 Å². The molecule has 86 valence electrons. The van der Waals surface area contributed by atoms with E-state index in [2.05, 4.69) is 5.16 Å². The average molecular weight is 217 g/mol. The lowest BCUT2D eigenvalue weighted by molar-refractivity contribution is -0.218. The molecule has 6 heteroatoms. The first-order chi connectivity index (χ1) is 7.07. The van der Waals surface area contributed by atoms with Gasteiger partial charge in [-0.2, -0.15) is 0 Å². The number of hydrogen-bond donors (Lipinski definition) is 1. The van der Waals surface area contributed by atoms with Gasteiger partial charge in [-0.25, -0.2) is 0 Å². The maximum absolute atomic E-state index is 8.49. The minimum absolute atomic E-state index is 0.284. The molecule has 2 rings (SSSR count). The van der Waals surface area contributed by atoms with Gasteiger partial charge in [-0.3, -0.25) is 0 Å². The molecule has 0 saturated carbocycles. The van der Waals surface area contributed by atoms with Crippen molar-refractivity contribution in [1.29, 1.82) is 0 Å². The smallest absolute Gasteiger partial charge is 0.187 e. The fourth-order valence-corrected chi connectivity index (χ4v) is 1.97. The van der Waals surface area contributed by atoms with Crippen LogP contribution in [0.25, 0.3) is 0 Å². The first kappa shape index (κ1) is 10.8. The van der Waals surface area contributed by atoms with Crippen LogP contribution in [0.1, 0.15) is 13.8 Å². The van der Waals surface area contributed by atoms with Crippen LogP contribution >= 0.6 is 0 Å². The molecular weight excluding hydrogens is 202 g/mol. The molecule has 0 amide bonds. The Balaban J connectivity index is 2.15. The highest BCUT2D eigenvalue weighted by Crippen LogP contribution is 2.38. The third-order valence-electron chi connectivity index (χ3n) is 2.49. The summed E-state index contributed by atoms with van der Waals surface area (Å²) in [6, 6.07) is 0. The third-order valence-corrected chi connectivity index (χ3v) is 2.49. The van der Waals surface area contributed by atoms with Gasteiger partial charge < -0.3 is 24.2 Å². The van der Waals surface area contributed by atoms with E-state index in [1.165, 1.54) is 13.3 Å². The van der Waals surface area contributed by atoms with Gasteiger partial charge in [0.1, 0.15) is 18.3 Å². The van der Waals surface area contributed by atoms with Gasteiger partial charge in [0, 0.05) is 7.11 Å². The summed E-state index contributed by atoms with van der Waals surface area (Å²) in [5.74, 6) is -0.655. The van der Waals surface area contributed by atoms with Crippen LogP contribution in [-0.2, 0) is 18.9 Å². The zero-order valence-corrected chi connectivity index (χ0v) is 8.91. The molecule has 2 saturated heterocycles. The minimum Gasteiger partial charge on any atom is -0.411 e. The Morgan fingerprint density at radius 3 is 2.60 bits per heavy atom. The van der Waals surface area contributed by atoms with E-state index >= 15 is 0 Å². The highest BCUT2D eigenvalue weighted by Gasteiger charge is 2.55. The second-order valence-electron chi connectivity index (χ2n) is 4.03. The molecule has 4 atom stereocenters. The SMILES string of the molecule is CO[C@@H]1O[C@H](C=NO)[C@H]2OC(C)(C)O[C@@H]12. The van der Waals surface area contributed by atoms with Gasteiger partial charge in [-0.15, -0.1) is 0 Å². The van der Waals surface area contributed by atoms with E-state index in [1.54, 1.807) is 0 Å². The van der Waals surface area contributed by atoms with Crippen LogP contribution in [-0.4, -0.2) is 48.9 Å². The molecule has 0 spiro atoms. The first-order valence-electron chi connectivity index (χ1n) is 4.79. The van der Waals surface area contributed by atoms with Crippen molar-refractivity contribution in [3.63, 3.8) is 0 Å². The summed E-state index contributed by atoms with van der Waals surface area (Å²) in [5.41, 5.74) is 0. The van der Waals surface area contributed by atoms with E-state index < -0.39 is 18.2 Å². The topological polar surface area (TPSA) is 69.5 Å². The Labute approximate surface area is 87.7 Å². The summed E-state index contributed by atoms with van der Waals surface area (Å²) < 4.78 is 21.8. The van der Waals surface area contributed by atoms with Crippen molar-refractivity contribution in [3.05, 3.63) is 0 Å². The van der Waals surface area contributed by atoms with Crippen molar-refractivity contribution in [1.82, 2.24) is 0 Å². The zero-order valence-electron chi connectivity index (χ0n) is 8.91. The van der Waals surface area contributed by atoms with Crippen LogP contribution in [0.5, 0.6) is 0 Å². The van der Waals surface area contributed by atoms with Crippen LogP contribution in [0.4, 0.5) is 0 Å². The molecule has 0 aromatic carbocycles. The standard InChI is InChI=1S/C9H15NO5/c1-9(2)14-6-5(4-10-11)13-8(12-3)7(6)15-9/h4-8,11H,1-3H3/t5-,6-,7-,8-/m1/s1. The number of methoxy groups -OCH3 is 1. The number of oxime groups is 1. The molecule has 15 heavy (non-hydrogen) atoms. The van der Waals surface area contributed by atoms with E-state index in [0.29, 0.717) is 0 Å². The number of nitrogens with zero attached hydrogens (tertiary/aromatic N) is 1. The molecule has 0 unspecified atom stereocenters. The van der Waals surface area contributed by atoms with Gasteiger partial charge in [-0.05, 0) is 13.8 Å². The van der Waals surface area contributed by atoms with Gasteiger partial charge in [0.05, 0.1) is 6.21 Å². The lowest BCUT2D eigenvalue weighted by atomic mass is 10.1. The number of hydrogen-bond acceptors (Lipinski definition) is 6. The first-order valence-corrected chi connectivity index (χ1v) is 4.79. The fourth-order valence-electron chi connectivity index (χ4n) is 1.97. The Morgan fingerprint density at radius 2 is 2.00 bits per heavy atom. The lowest BCUT2D eigenvalue weighted by Crippen LogP contribution is -2.30. The largest absolute Gasteiger partial charge is 0.411 e. The molecular formula is C9H15NO5. The predicted molar refractivity (Wildman–Crippen MR) is 49.8 cm³/mol. The zero-order chi connectivity index (χ0) is 11.1. The van der Waals surface area contributed by atoms with Crippen LogP contribution in [0.2, 0.25) is 0 Å². The summed E-state index contributed by atoms with van der Waals surface area (Å²) in [5, 5.41) is 11.4. The summed E-state index contributed by atoms with van der Waals surface area (Å²) in [7, 11) is 1.54. The molecule has 2 heterocycles. The second kappa shape index (κ2) is 3.71. The molecule has 0 aromatic rings. The van der Waals surface area contributed by atoms with Gasteiger partial charge in [-0.1, -0.05) is 5.16 Å². The molecule has 2 fully saturated rings.